The summed E-state index contributed by atoms with van der Waals surface area (Å²) in [6.45, 7) is 7.67. The Morgan fingerprint density at radius 1 is 1.10 bits per heavy atom. The van der Waals surface area contributed by atoms with Crippen molar-refractivity contribution in [2.24, 2.45) is 0 Å². The van der Waals surface area contributed by atoms with Gasteiger partial charge in [0, 0.05) is 37.4 Å². The van der Waals surface area contributed by atoms with E-state index in [0.29, 0.717) is 13.2 Å². The van der Waals surface area contributed by atoms with Crippen molar-refractivity contribution in [3.8, 4) is 5.82 Å². The molecule has 7 heteroatoms. The maximum Gasteiger partial charge on any atom is 0.170 e. The summed E-state index contributed by atoms with van der Waals surface area (Å²) < 4.78 is 7.57. The van der Waals surface area contributed by atoms with Crippen LogP contribution in [0.1, 0.15) is 40.3 Å². The maximum absolute atomic E-state index is 5.71. The lowest BCUT2D eigenvalue weighted by molar-refractivity contribution is 0.164. The Balaban J connectivity index is 1.82. The van der Waals surface area contributed by atoms with Crippen LogP contribution in [-0.4, -0.2) is 44.8 Å². The number of aryl methyl sites for hydroxylation is 2. The summed E-state index contributed by atoms with van der Waals surface area (Å²) in [7, 11) is 1.72. The molecule has 2 unspecified atom stereocenters. The zero-order valence-electron chi connectivity index (χ0n) is 17.8. The van der Waals surface area contributed by atoms with Gasteiger partial charge in [-0.2, -0.15) is 0 Å². The molecule has 6 nitrogen and oxygen atoms in total. The Morgan fingerprint density at radius 3 is 2.63 bits per heavy atom. The van der Waals surface area contributed by atoms with E-state index < -0.39 is 0 Å². The minimum atomic E-state index is -0.0324. The Hall–Kier alpha value is -2.77. The van der Waals surface area contributed by atoms with E-state index in [1.807, 2.05) is 36.7 Å². The van der Waals surface area contributed by atoms with Crippen molar-refractivity contribution in [2.45, 2.75) is 32.9 Å². The zero-order chi connectivity index (χ0) is 21.3. The van der Waals surface area contributed by atoms with Gasteiger partial charge in [-0.25, -0.2) is 4.98 Å². The molecular formula is C23H27N5OS. The zero-order valence-corrected chi connectivity index (χ0v) is 18.6. The van der Waals surface area contributed by atoms with E-state index in [1.54, 1.807) is 7.11 Å². The van der Waals surface area contributed by atoms with Gasteiger partial charge in [-0.3, -0.25) is 4.98 Å². The molecule has 4 heterocycles. The van der Waals surface area contributed by atoms with Crippen LogP contribution in [-0.2, 0) is 4.74 Å². The first kappa shape index (κ1) is 20.5. The molecule has 0 radical (unpaired) electrons. The van der Waals surface area contributed by atoms with Crippen molar-refractivity contribution in [1.29, 1.82) is 0 Å². The highest BCUT2D eigenvalue weighted by Gasteiger charge is 2.41. The van der Waals surface area contributed by atoms with E-state index in [9.17, 15) is 0 Å². The third-order valence-electron chi connectivity index (χ3n) is 5.65. The van der Waals surface area contributed by atoms with Crippen molar-refractivity contribution >= 4 is 17.3 Å². The van der Waals surface area contributed by atoms with Gasteiger partial charge in [0.15, 0.2) is 5.11 Å². The summed E-state index contributed by atoms with van der Waals surface area (Å²) in [5.41, 5.74) is 5.68. The van der Waals surface area contributed by atoms with E-state index in [0.717, 1.165) is 28.0 Å². The lowest BCUT2D eigenvalue weighted by atomic mass is 9.97. The van der Waals surface area contributed by atoms with E-state index >= 15 is 0 Å². The fourth-order valence-corrected chi connectivity index (χ4v) is 4.59. The Morgan fingerprint density at radius 2 is 1.93 bits per heavy atom. The minimum Gasteiger partial charge on any atom is -0.383 e. The molecule has 1 aliphatic heterocycles. The van der Waals surface area contributed by atoms with Gasteiger partial charge in [0.25, 0.3) is 0 Å². The van der Waals surface area contributed by atoms with Crippen LogP contribution in [0.3, 0.4) is 0 Å². The fourth-order valence-electron chi connectivity index (χ4n) is 4.26. The summed E-state index contributed by atoms with van der Waals surface area (Å²) in [5.74, 6) is 0.933. The summed E-state index contributed by atoms with van der Waals surface area (Å²) in [4.78, 5) is 11.4. The number of hydrogen-bond donors (Lipinski definition) is 1. The lowest BCUT2D eigenvalue weighted by Crippen LogP contribution is -2.32. The average molecular weight is 422 g/mol. The number of thiocarbonyl (C=S) groups is 1. The Bertz CT molecular complexity index is 1050. The predicted molar refractivity (Wildman–Crippen MR) is 122 cm³/mol. The number of pyridine rings is 2. The van der Waals surface area contributed by atoms with Crippen LogP contribution in [0, 0.1) is 20.8 Å². The van der Waals surface area contributed by atoms with Crippen molar-refractivity contribution in [3.63, 3.8) is 0 Å². The Labute approximate surface area is 182 Å². The second kappa shape index (κ2) is 8.53. The molecule has 1 aliphatic rings. The van der Waals surface area contributed by atoms with Gasteiger partial charge < -0.3 is 19.5 Å². The van der Waals surface area contributed by atoms with Gasteiger partial charge in [0.05, 0.1) is 24.4 Å². The van der Waals surface area contributed by atoms with Crippen molar-refractivity contribution in [3.05, 3.63) is 77.0 Å². The smallest absolute Gasteiger partial charge is 0.170 e. The minimum absolute atomic E-state index is 0.0207. The standard InChI is InChI=1S/C23H27N5OS/c1-15-8-10-25-20(13-15)28-16(2)14-18(17(28)3)22-21(19-7-5-6-9-24-19)26-23(30)27(22)11-12-29-4/h5-10,13-14,21-22H,11-12H2,1-4H3,(H,26,30). The molecule has 1 fully saturated rings. The topological polar surface area (TPSA) is 55.2 Å². The molecule has 0 bridgehead atoms. The molecule has 0 spiro atoms. The molecule has 156 valence electrons. The molecule has 2 atom stereocenters. The van der Waals surface area contributed by atoms with Gasteiger partial charge in [0.1, 0.15) is 5.82 Å². The highest BCUT2D eigenvalue weighted by molar-refractivity contribution is 7.80. The number of aromatic nitrogens is 3. The van der Waals surface area contributed by atoms with Crippen LogP contribution in [0.5, 0.6) is 0 Å². The summed E-state index contributed by atoms with van der Waals surface area (Å²) >= 11 is 5.71. The third kappa shape index (κ3) is 3.70. The maximum atomic E-state index is 5.71. The quantitative estimate of drug-likeness (QED) is 0.611. The number of rotatable bonds is 6. The molecule has 0 amide bonds. The lowest BCUT2D eigenvalue weighted by Gasteiger charge is -2.28. The Kier molecular flexibility index (Phi) is 5.83. The highest BCUT2D eigenvalue weighted by atomic mass is 32.1. The summed E-state index contributed by atoms with van der Waals surface area (Å²) in [6.07, 6.45) is 3.69. The summed E-state index contributed by atoms with van der Waals surface area (Å²) in [6, 6.07) is 12.4. The van der Waals surface area contributed by atoms with Crippen molar-refractivity contribution in [1.82, 2.24) is 24.8 Å². The van der Waals surface area contributed by atoms with Crippen LogP contribution < -0.4 is 5.32 Å². The molecule has 0 aliphatic carbocycles. The molecule has 1 N–H and O–H groups in total. The van der Waals surface area contributed by atoms with Gasteiger partial charge in [-0.1, -0.05) is 6.07 Å². The van der Waals surface area contributed by atoms with Crippen molar-refractivity contribution < 1.29 is 4.74 Å². The first-order valence-corrected chi connectivity index (χ1v) is 10.5. The van der Waals surface area contributed by atoms with Crippen LogP contribution in [0.25, 0.3) is 5.82 Å². The second-order valence-corrected chi connectivity index (χ2v) is 8.05. The number of methoxy groups -OCH3 is 1. The third-order valence-corrected chi connectivity index (χ3v) is 6.01. The van der Waals surface area contributed by atoms with Gasteiger partial charge in [-0.15, -0.1) is 0 Å². The molecular weight excluding hydrogens is 394 g/mol. The molecule has 3 aromatic rings. The van der Waals surface area contributed by atoms with Crippen LogP contribution in [0.15, 0.2) is 48.8 Å². The number of ether oxygens (including phenoxy) is 1. The van der Waals surface area contributed by atoms with Gasteiger partial charge in [0.2, 0.25) is 0 Å². The summed E-state index contributed by atoms with van der Waals surface area (Å²) in [5, 5.41) is 4.22. The van der Waals surface area contributed by atoms with E-state index in [2.05, 4.69) is 57.7 Å². The van der Waals surface area contributed by atoms with Gasteiger partial charge in [-0.05, 0) is 74.4 Å². The first-order valence-electron chi connectivity index (χ1n) is 10.1. The van der Waals surface area contributed by atoms with E-state index in [-0.39, 0.29) is 12.1 Å². The van der Waals surface area contributed by atoms with Gasteiger partial charge >= 0.3 is 0 Å². The fraction of sp³-hybridized carbons (Fsp3) is 0.348. The first-order chi connectivity index (χ1) is 14.5. The number of nitrogens with one attached hydrogen (secondary N) is 1. The van der Waals surface area contributed by atoms with E-state index in [1.165, 1.54) is 11.1 Å². The molecule has 1 saturated heterocycles. The van der Waals surface area contributed by atoms with Crippen LogP contribution >= 0.6 is 12.2 Å². The molecule has 30 heavy (non-hydrogen) atoms. The van der Waals surface area contributed by atoms with Crippen molar-refractivity contribution in [2.75, 3.05) is 20.3 Å². The average Bonchev–Trinajstić information content (AvgIpc) is 3.22. The predicted octanol–water partition coefficient (Wildman–Crippen LogP) is 3.81. The van der Waals surface area contributed by atoms with E-state index in [4.69, 9.17) is 17.0 Å². The highest BCUT2D eigenvalue weighted by Crippen LogP contribution is 2.41. The molecule has 0 saturated carbocycles. The van der Waals surface area contributed by atoms with Crippen LogP contribution in [0.2, 0.25) is 0 Å². The van der Waals surface area contributed by atoms with Crippen LogP contribution in [0.4, 0.5) is 0 Å². The largest absolute Gasteiger partial charge is 0.383 e. The monoisotopic (exact) mass is 421 g/mol. The molecule has 3 aromatic heterocycles. The number of hydrogen-bond acceptors (Lipinski definition) is 4. The molecule has 0 aromatic carbocycles. The normalized spacial score (nSPS) is 18.7. The number of nitrogens with zero attached hydrogens (tertiary/aromatic N) is 4. The molecule has 4 rings (SSSR count). The second-order valence-electron chi connectivity index (χ2n) is 7.67. The SMILES string of the molecule is COCCN1C(=S)NC(c2ccccn2)C1c1cc(C)n(-c2cc(C)ccn2)c1C.